The molecule has 1 amide bonds. The molecule has 2 N–H and O–H groups in total. The van der Waals surface area contributed by atoms with E-state index in [0.717, 1.165) is 5.56 Å². The fourth-order valence-corrected chi connectivity index (χ4v) is 4.14. The standard InChI is InChI=1S/C19H18ClN3O3S/c20-15-7-4-8-16(12-15)27(25,26)23-17(11-14-5-2-1-3-6-14)18(24)22-19(13-21)9-10-19/h1-8,12,17,23H,9-11H2,(H,22,24)/t17-/m0/s1. The number of carbonyl (C=O) groups is 1. The summed E-state index contributed by atoms with van der Waals surface area (Å²) < 4.78 is 27.9. The van der Waals surface area contributed by atoms with Gasteiger partial charge < -0.3 is 5.32 Å². The highest BCUT2D eigenvalue weighted by atomic mass is 35.5. The Bertz CT molecular complexity index is 983. The molecule has 1 aliphatic carbocycles. The second kappa shape index (κ2) is 7.69. The van der Waals surface area contributed by atoms with Gasteiger partial charge in [-0.05, 0) is 43.0 Å². The molecule has 2 aromatic carbocycles. The summed E-state index contributed by atoms with van der Waals surface area (Å²) in [5.74, 6) is -0.525. The van der Waals surface area contributed by atoms with E-state index in [4.69, 9.17) is 11.6 Å². The molecule has 0 heterocycles. The maximum atomic E-state index is 12.7. The first-order chi connectivity index (χ1) is 12.8. The Balaban J connectivity index is 1.85. The second-order valence-corrected chi connectivity index (χ2v) is 8.65. The molecule has 1 saturated carbocycles. The first kappa shape index (κ1) is 19.4. The normalized spacial score (nSPS) is 16.1. The quantitative estimate of drug-likeness (QED) is 0.741. The van der Waals surface area contributed by atoms with Gasteiger partial charge in [0.05, 0.1) is 11.0 Å². The summed E-state index contributed by atoms with van der Waals surface area (Å²) in [6.07, 6.45) is 1.29. The highest BCUT2D eigenvalue weighted by Gasteiger charge is 2.46. The van der Waals surface area contributed by atoms with E-state index in [1.165, 1.54) is 18.2 Å². The molecule has 0 radical (unpaired) electrons. The lowest BCUT2D eigenvalue weighted by Gasteiger charge is -2.20. The van der Waals surface area contributed by atoms with Crippen LogP contribution in [0.1, 0.15) is 18.4 Å². The fourth-order valence-electron chi connectivity index (χ4n) is 2.64. The molecular formula is C19H18ClN3O3S. The first-order valence-corrected chi connectivity index (χ1v) is 10.2. The number of sulfonamides is 1. The zero-order valence-corrected chi connectivity index (χ0v) is 15.9. The minimum Gasteiger partial charge on any atom is -0.336 e. The number of nitrogens with one attached hydrogen (secondary N) is 2. The number of nitrogens with zero attached hydrogens (tertiary/aromatic N) is 1. The zero-order valence-electron chi connectivity index (χ0n) is 14.4. The Kier molecular flexibility index (Phi) is 5.51. The van der Waals surface area contributed by atoms with Crippen molar-refractivity contribution in [1.82, 2.24) is 10.0 Å². The van der Waals surface area contributed by atoms with Gasteiger partial charge in [0.25, 0.3) is 0 Å². The number of amides is 1. The minimum absolute atomic E-state index is 0.0257. The van der Waals surface area contributed by atoms with E-state index in [2.05, 4.69) is 16.1 Å². The number of benzene rings is 2. The summed E-state index contributed by atoms with van der Waals surface area (Å²) >= 11 is 5.89. The fraction of sp³-hybridized carbons (Fsp3) is 0.263. The molecule has 0 aliphatic heterocycles. The Hall–Kier alpha value is -2.40. The average molecular weight is 404 g/mol. The van der Waals surface area contributed by atoms with Crippen LogP contribution in [0.5, 0.6) is 0 Å². The van der Waals surface area contributed by atoms with Gasteiger partial charge in [-0.1, -0.05) is 48.0 Å². The van der Waals surface area contributed by atoms with Crippen LogP contribution in [0.25, 0.3) is 0 Å². The molecule has 3 rings (SSSR count). The Labute approximate surface area is 163 Å². The van der Waals surface area contributed by atoms with Gasteiger partial charge in [0.15, 0.2) is 0 Å². The monoisotopic (exact) mass is 403 g/mol. The average Bonchev–Trinajstić information content (AvgIpc) is 3.42. The van der Waals surface area contributed by atoms with Crippen molar-refractivity contribution in [3.8, 4) is 6.07 Å². The molecule has 0 saturated heterocycles. The largest absolute Gasteiger partial charge is 0.336 e. The molecule has 0 aromatic heterocycles. The van der Waals surface area contributed by atoms with Gasteiger partial charge in [-0.2, -0.15) is 9.98 Å². The highest BCUT2D eigenvalue weighted by Crippen LogP contribution is 2.34. The molecule has 140 valence electrons. The maximum Gasteiger partial charge on any atom is 0.241 e. The predicted octanol–water partition coefficient (Wildman–Crippen LogP) is 2.40. The van der Waals surface area contributed by atoms with Gasteiger partial charge in [0.1, 0.15) is 11.6 Å². The number of carbonyl (C=O) groups excluding carboxylic acids is 1. The van der Waals surface area contributed by atoms with Gasteiger partial charge in [-0.15, -0.1) is 0 Å². The third kappa shape index (κ3) is 4.86. The molecular weight excluding hydrogens is 386 g/mol. The molecule has 1 fully saturated rings. The van der Waals surface area contributed by atoms with Crippen LogP contribution in [0.2, 0.25) is 5.02 Å². The molecule has 1 aliphatic rings. The second-order valence-electron chi connectivity index (χ2n) is 6.50. The topological polar surface area (TPSA) is 99.1 Å². The van der Waals surface area contributed by atoms with Crippen LogP contribution >= 0.6 is 11.6 Å². The van der Waals surface area contributed by atoms with E-state index < -0.39 is 27.5 Å². The van der Waals surface area contributed by atoms with Crippen molar-refractivity contribution in [2.24, 2.45) is 0 Å². The molecule has 0 bridgehead atoms. The van der Waals surface area contributed by atoms with Gasteiger partial charge in [0.2, 0.25) is 15.9 Å². The molecule has 27 heavy (non-hydrogen) atoms. The first-order valence-electron chi connectivity index (χ1n) is 8.39. The van der Waals surface area contributed by atoms with Crippen LogP contribution in [0.15, 0.2) is 59.5 Å². The lowest BCUT2D eigenvalue weighted by Crippen LogP contribution is -2.51. The Morgan fingerprint density at radius 3 is 2.48 bits per heavy atom. The molecule has 2 aromatic rings. The lowest BCUT2D eigenvalue weighted by molar-refractivity contribution is -0.123. The van der Waals surface area contributed by atoms with E-state index in [1.807, 2.05) is 30.3 Å². The Morgan fingerprint density at radius 1 is 1.19 bits per heavy atom. The molecule has 0 unspecified atom stereocenters. The minimum atomic E-state index is -3.97. The zero-order chi connectivity index (χ0) is 19.5. The van der Waals surface area contributed by atoms with Crippen LogP contribution in [0.3, 0.4) is 0 Å². The summed E-state index contributed by atoms with van der Waals surface area (Å²) in [5.41, 5.74) is -0.0821. The predicted molar refractivity (Wildman–Crippen MR) is 101 cm³/mol. The van der Waals surface area contributed by atoms with Crippen molar-refractivity contribution in [2.45, 2.75) is 35.7 Å². The van der Waals surface area contributed by atoms with Gasteiger partial charge in [0, 0.05) is 5.02 Å². The number of nitriles is 1. The van der Waals surface area contributed by atoms with E-state index in [-0.39, 0.29) is 16.3 Å². The number of hydrogen-bond donors (Lipinski definition) is 2. The molecule has 1 atom stereocenters. The third-order valence-corrected chi connectivity index (χ3v) is 6.03. The summed E-state index contributed by atoms with van der Waals surface area (Å²) in [7, 11) is -3.97. The molecule has 8 heteroatoms. The van der Waals surface area contributed by atoms with E-state index >= 15 is 0 Å². The van der Waals surface area contributed by atoms with Crippen LogP contribution in [0, 0.1) is 11.3 Å². The third-order valence-electron chi connectivity index (χ3n) is 4.33. The van der Waals surface area contributed by atoms with E-state index in [1.54, 1.807) is 6.07 Å². The van der Waals surface area contributed by atoms with E-state index in [0.29, 0.717) is 12.8 Å². The molecule has 0 spiro atoms. The van der Waals surface area contributed by atoms with Crippen molar-refractivity contribution in [3.05, 3.63) is 65.2 Å². The van der Waals surface area contributed by atoms with Crippen LogP contribution in [-0.2, 0) is 21.2 Å². The summed E-state index contributed by atoms with van der Waals surface area (Å²) in [6.45, 7) is 0. The maximum absolute atomic E-state index is 12.7. The van der Waals surface area contributed by atoms with Crippen LogP contribution < -0.4 is 10.0 Å². The SMILES string of the molecule is N#CC1(NC(=O)[C@H](Cc2ccccc2)NS(=O)(=O)c2cccc(Cl)c2)CC1. The lowest BCUT2D eigenvalue weighted by atomic mass is 10.1. The number of halogens is 1. The summed E-state index contributed by atoms with van der Waals surface area (Å²) in [6, 6.07) is 15.9. The van der Waals surface area contributed by atoms with Gasteiger partial charge in [-0.3, -0.25) is 4.79 Å². The highest BCUT2D eigenvalue weighted by molar-refractivity contribution is 7.89. The van der Waals surface area contributed by atoms with Crippen LogP contribution in [-0.4, -0.2) is 25.9 Å². The summed E-state index contributed by atoms with van der Waals surface area (Å²) in [5, 5.41) is 12.2. The van der Waals surface area contributed by atoms with Crippen molar-refractivity contribution >= 4 is 27.5 Å². The van der Waals surface area contributed by atoms with Crippen molar-refractivity contribution in [1.29, 1.82) is 5.26 Å². The van der Waals surface area contributed by atoms with Gasteiger partial charge in [-0.25, -0.2) is 8.42 Å². The van der Waals surface area contributed by atoms with Crippen molar-refractivity contribution in [2.75, 3.05) is 0 Å². The van der Waals surface area contributed by atoms with Crippen molar-refractivity contribution < 1.29 is 13.2 Å². The van der Waals surface area contributed by atoms with E-state index in [9.17, 15) is 18.5 Å². The molecule has 6 nitrogen and oxygen atoms in total. The summed E-state index contributed by atoms with van der Waals surface area (Å²) in [4.78, 5) is 12.7. The number of hydrogen-bond acceptors (Lipinski definition) is 4. The van der Waals surface area contributed by atoms with Gasteiger partial charge >= 0.3 is 0 Å². The van der Waals surface area contributed by atoms with Crippen LogP contribution in [0.4, 0.5) is 0 Å². The number of rotatable bonds is 7. The van der Waals surface area contributed by atoms with Crippen molar-refractivity contribution in [3.63, 3.8) is 0 Å². The smallest absolute Gasteiger partial charge is 0.241 e. The Morgan fingerprint density at radius 2 is 1.89 bits per heavy atom.